The second-order valence-corrected chi connectivity index (χ2v) is 8.58. The maximum Gasteiger partial charge on any atom is 0.243 e. The molecule has 0 aliphatic carbocycles. The lowest BCUT2D eigenvalue weighted by molar-refractivity contribution is -0.138. The summed E-state index contributed by atoms with van der Waals surface area (Å²) in [4.78, 5) is 63.1. The number of imidazole rings is 1. The van der Waals surface area contributed by atoms with E-state index in [2.05, 4.69) is 26.1 Å². The number of carbonyl (C=O) groups is 4. The first-order valence-electron chi connectivity index (χ1n) is 11.9. The zero-order valence-corrected chi connectivity index (χ0v) is 20.8. The van der Waals surface area contributed by atoms with Crippen LogP contribution in [0.5, 0.6) is 0 Å². The van der Waals surface area contributed by atoms with E-state index in [1.54, 1.807) is 6.20 Å². The Morgan fingerprint density at radius 3 is 1.86 bits per heavy atom. The van der Waals surface area contributed by atoms with Crippen LogP contribution in [0, 0.1) is 0 Å². The number of hydroxylamine groups is 1. The van der Waals surface area contributed by atoms with E-state index in [0.29, 0.717) is 5.69 Å². The largest absolute Gasteiger partial charge is 0.348 e. The fourth-order valence-electron chi connectivity index (χ4n) is 3.85. The third-order valence-electron chi connectivity index (χ3n) is 5.73. The molecule has 2 amide bonds. The van der Waals surface area contributed by atoms with Gasteiger partial charge in [-0.1, -0.05) is 60.7 Å². The number of rotatable bonds is 14. The third-order valence-corrected chi connectivity index (χ3v) is 5.73. The summed E-state index contributed by atoms with van der Waals surface area (Å²) in [5.74, 6) is -2.43. The number of carbonyl (C=O) groups excluding carboxylic acids is 4. The number of nitrogens with one attached hydrogen (secondary N) is 4. The molecule has 1 heterocycles. The van der Waals surface area contributed by atoms with Gasteiger partial charge in [0.1, 0.15) is 12.1 Å². The predicted molar refractivity (Wildman–Crippen MR) is 136 cm³/mol. The van der Waals surface area contributed by atoms with E-state index in [-0.39, 0.29) is 19.3 Å². The van der Waals surface area contributed by atoms with Crippen molar-refractivity contribution >= 4 is 23.4 Å². The molecule has 0 bridgehead atoms. The first-order valence-corrected chi connectivity index (χ1v) is 11.9. The van der Waals surface area contributed by atoms with Crippen LogP contribution in [0.3, 0.4) is 0 Å². The van der Waals surface area contributed by atoms with E-state index >= 15 is 0 Å². The summed E-state index contributed by atoms with van der Waals surface area (Å²) < 4.78 is 0. The lowest BCUT2D eigenvalue weighted by Crippen LogP contribution is -2.57. The molecule has 3 atom stereocenters. The van der Waals surface area contributed by atoms with Gasteiger partial charge in [0, 0.05) is 38.1 Å². The Hall–Kier alpha value is -4.15. The number of H-pyrrole nitrogens is 1. The van der Waals surface area contributed by atoms with Crippen molar-refractivity contribution in [2.45, 2.75) is 44.3 Å². The van der Waals surface area contributed by atoms with Gasteiger partial charge in [0.2, 0.25) is 17.6 Å². The van der Waals surface area contributed by atoms with Crippen LogP contribution in [0.4, 0.5) is 0 Å². The van der Waals surface area contributed by atoms with E-state index < -0.39 is 41.5 Å². The zero-order valence-electron chi connectivity index (χ0n) is 20.8. The molecule has 4 N–H and O–H groups in total. The Morgan fingerprint density at radius 2 is 1.35 bits per heavy atom. The molecular formula is C27H31N5O5. The molecule has 10 heteroatoms. The van der Waals surface area contributed by atoms with E-state index in [9.17, 15) is 19.2 Å². The van der Waals surface area contributed by atoms with Gasteiger partial charge in [0.15, 0.2) is 5.78 Å². The van der Waals surface area contributed by atoms with Crippen molar-refractivity contribution < 1.29 is 24.0 Å². The Labute approximate surface area is 215 Å². The topological polar surface area (TPSA) is 142 Å². The summed E-state index contributed by atoms with van der Waals surface area (Å²) in [5, 5.41) is 5.47. The van der Waals surface area contributed by atoms with Gasteiger partial charge < -0.3 is 20.5 Å². The van der Waals surface area contributed by atoms with E-state index in [4.69, 9.17) is 4.84 Å². The first kappa shape index (κ1) is 27.4. The molecule has 1 aromatic heterocycles. The number of amides is 2. The summed E-state index contributed by atoms with van der Waals surface area (Å²) in [6, 6.07) is 15.4. The maximum absolute atomic E-state index is 13.5. The number of benzene rings is 2. The van der Waals surface area contributed by atoms with Gasteiger partial charge in [-0.25, -0.2) is 4.98 Å². The Balaban J connectivity index is 1.81. The standard InChI is InChI=1S/C27H31N5O5/c1-18(33)25(34)22(13-19-9-5-3-6-10-19)30-26(35)23(14-20-11-7-4-8-12-20)31-27(36)24(32-37-2)15-21-16-28-17-29-21/h3-12,16-17,22-24,32H,13-15H2,1-2H3,(H,28,29)(H,30,35)(H,31,36)/t22-,23-,24-/m0/s1. The molecule has 0 aliphatic rings. The number of aromatic amines is 1. The monoisotopic (exact) mass is 505 g/mol. The molecular weight excluding hydrogens is 474 g/mol. The summed E-state index contributed by atoms with van der Waals surface area (Å²) in [6.07, 6.45) is 3.65. The highest BCUT2D eigenvalue weighted by Gasteiger charge is 2.31. The van der Waals surface area contributed by atoms with Gasteiger partial charge >= 0.3 is 0 Å². The molecule has 3 aromatic rings. The van der Waals surface area contributed by atoms with Crippen LogP contribution in [0.15, 0.2) is 73.2 Å². The van der Waals surface area contributed by atoms with Gasteiger partial charge in [-0.2, -0.15) is 5.48 Å². The molecule has 10 nitrogen and oxygen atoms in total. The Kier molecular flexibility index (Phi) is 10.2. The summed E-state index contributed by atoms with van der Waals surface area (Å²) in [6.45, 7) is 1.17. The molecule has 194 valence electrons. The van der Waals surface area contributed by atoms with E-state index in [0.717, 1.165) is 11.1 Å². The van der Waals surface area contributed by atoms with Crippen molar-refractivity contribution in [1.29, 1.82) is 0 Å². The molecule has 0 spiro atoms. The molecule has 0 unspecified atom stereocenters. The minimum absolute atomic E-state index is 0.144. The Bertz CT molecular complexity index is 1170. The van der Waals surface area contributed by atoms with Crippen molar-refractivity contribution in [2.24, 2.45) is 0 Å². The van der Waals surface area contributed by atoms with Crippen LogP contribution in [0.25, 0.3) is 0 Å². The fourth-order valence-corrected chi connectivity index (χ4v) is 3.85. The molecule has 0 saturated heterocycles. The molecule has 0 radical (unpaired) electrons. The van der Waals surface area contributed by atoms with E-state index in [1.807, 2.05) is 60.7 Å². The van der Waals surface area contributed by atoms with Crippen molar-refractivity contribution in [3.05, 3.63) is 90.0 Å². The number of hydrogen-bond acceptors (Lipinski definition) is 7. The van der Waals surface area contributed by atoms with Gasteiger partial charge in [0.25, 0.3) is 0 Å². The van der Waals surface area contributed by atoms with Crippen LogP contribution in [-0.4, -0.2) is 58.6 Å². The smallest absolute Gasteiger partial charge is 0.243 e. The summed E-state index contributed by atoms with van der Waals surface area (Å²) >= 11 is 0. The van der Waals surface area contributed by atoms with Crippen molar-refractivity contribution in [3.63, 3.8) is 0 Å². The highest BCUT2D eigenvalue weighted by Crippen LogP contribution is 2.09. The van der Waals surface area contributed by atoms with Gasteiger partial charge in [-0.3, -0.25) is 19.2 Å². The molecule has 2 aromatic carbocycles. The average Bonchev–Trinajstić information content (AvgIpc) is 3.41. The minimum Gasteiger partial charge on any atom is -0.348 e. The quantitative estimate of drug-likeness (QED) is 0.190. The van der Waals surface area contributed by atoms with Crippen LogP contribution in [0.1, 0.15) is 23.7 Å². The number of Topliss-reactive ketones (excluding diaryl/α,β-unsaturated/α-hetero) is 2. The van der Waals surface area contributed by atoms with Gasteiger partial charge in [-0.15, -0.1) is 0 Å². The number of aromatic nitrogens is 2. The SMILES string of the molecule is CON[C@@H](Cc1cnc[nH]1)C(=O)N[C@@H](Cc1ccccc1)C(=O)N[C@@H](Cc1ccccc1)C(=O)C(C)=O. The highest BCUT2D eigenvalue weighted by molar-refractivity contribution is 6.38. The fraction of sp³-hybridized carbons (Fsp3) is 0.296. The van der Waals surface area contributed by atoms with Gasteiger partial charge in [0.05, 0.1) is 19.5 Å². The van der Waals surface area contributed by atoms with Crippen molar-refractivity contribution in [2.75, 3.05) is 7.11 Å². The highest BCUT2D eigenvalue weighted by atomic mass is 16.6. The number of ketones is 2. The molecule has 0 saturated carbocycles. The lowest BCUT2D eigenvalue weighted by Gasteiger charge is -2.25. The average molecular weight is 506 g/mol. The molecule has 37 heavy (non-hydrogen) atoms. The lowest BCUT2D eigenvalue weighted by atomic mass is 9.99. The normalized spacial score (nSPS) is 13.2. The summed E-state index contributed by atoms with van der Waals surface area (Å²) in [5.41, 5.74) is 4.94. The molecule has 0 aliphatic heterocycles. The molecule has 3 rings (SSSR count). The maximum atomic E-state index is 13.5. The van der Waals surface area contributed by atoms with Crippen LogP contribution in [-0.2, 0) is 43.3 Å². The third kappa shape index (κ3) is 8.48. The minimum atomic E-state index is -1.07. The van der Waals surface area contributed by atoms with Crippen molar-refractivity contribution in [1.82, 2.24) is 26.1 Å². The number of nitrogens with zero attached hydrogens (tertiary/aromatic N) is 1. The number of hydrogen-bond donors (Lipinski definition) is 4. The second-order valence-electron chi connectivity index (χ2n) is 8.58. The second kappa shape index (κ2) is 13.8. The first-order chi connectivity index (χ1) is 17.9. The zero-order chi connectivity index (χ0) is 26.6. The Morgan fingerprint density at radius 1 is 0.811 bits per heavy atom. The predicted octanol–water partition coefficient (Wildman–Crippen LogP) is 1.08. The summed E-state index contributed by atoms with van der Waals surface area (Å²) in [7, 11) is 1.39. The van der Waals surface area contributed by atoms with Crippen LogP contribution < -0.4 is 16.1 Å². The van der Waals surface area contributed by atoms with Crippen molar-refractivity contribution in [3.8, 4) is 0 Å². The van der Waals surface area contributed by atoms with Gasteiger partial charge in [-0.05, 0) is 11.1 Å². The molecule has 0 fully saturated rings. The van der Waals surface area contributed by atoms with Crippen LogP contribution in [0.2, 0.25) is 0 Å². The van der Waals surface area contributed by atoms with Crippen LogP contribution >= 0.6 is 0 Å². The van der Waals surface area contributed by atoms with E-state index in [1.165, 1.54) is 20.4 Å².